The van der Waals surface area contributed by atoms with Crippen LogP contribution in [0.25, 0.3) is 0 Å². The summed E-state index contributed by atoms with van der Waals surface area (Å²) in [4.78, 5) is 37.4. The number of hydrogen-bond donors (Lipinski definition) is 1. The zero-order chi connectivity index (χ0) is 19.6. The summed E-state index contributed by atoms with van der Waals surface area (Å²) in [5, 5.41) is 2.38. The first-order chi connectivity index (χ1) is 12.9. The van der Waals surface area contributed by atoms with Gasteiger partial charge in [-0.2, -0.15) is 0 Å². The molecular formula is C19H16F2N2O4. The molecule has 1 heterocycles. The Morgan fingerprint density at radius 3 is 2.59 bits per heavy atom. The van der Waals surface area contributed by atoms with Gasteiger partial charge in [0.2, 0.25) is 11.8 Å². The molecule has 2 amide bonds. The van der Waals surface area contributed by atoms with Crippen molar-refractivity contribution in [2.75, 3.05) is 23.9 Å². The molecule has 2 aromatic rings. The summed E-state index contributed by atoms with van der Waals surface area (Å²) in [6.45, 7) is -0.0239. The number of anilines is 2. The minimum atomic E-state index is -0.779. The predicted octanol–water partition coefficient (Wildman–Crippen LogP) is 2.74. The fraction of sp³-hybridized carbons (Fsp3) is 0.211. The topological polar surface area (TPSA) is 75.7 Å². The molecule has 0 aliphatic carbocycles. The normalized spacial score (nSPS) is 16.3. The molecule has 0 aromatic heterocycles. The van der Waals surface area contributed by atoms with Crippen molar-refractivity contribution in [3.8, 4) is 0 Å². The molecule has 1 atom stereocenters. The zero-order valence-corrected chi connectivity index (χ0v) is 14.4. The van der Waals surface area contributed by atoms with Gasteiger partial charge in [-0.3, -0.25) is 9.59 Å². The highest BCUT2D eigenvalue weighted by Crippen LogP contribution is 2.28. The van der Waals surface area contributed by atoms with Gasteiger partial charge < -0.3 is 15.0 Å². The number of nitrogens with zero attached hydrogens (tertiary/aromatic N) is 1. The number of carbonyl (C=O) groups excluding carboxylic acids is 3. The highest BCUT2D eigenvalue weighted by molar-refractivity contribution is 6.04. The van der Waals surface area contributed by atoms with Gasteiger partial charge in [-0.1, -0.05) is 12.1 Å². The molecule has 1 aliphatic rings. The van der Waals surface area contributed by atoms with Crippen molar-refractivity contribution < 1.29 is 27.9 Å². The van der Waals surface area contributed by atoms with Gasteiger partial charge in [0.25, 0.3) is 0 Å². The second kappa shape index (κ2) is 7.53. The van der Waals surface area contributed by atoms with Crippen molar-refractivity contribution in [1.82, 2.24) is 0 Å². The number of carbonyl (C=O) groups is 3. The molecule has 1 unspecified atom stereocenters. The van der Waals surface area contributed by atoms with Crippen molar-refractivity contribution in [3.63, 3.8) is 0 Å². The highest BCUT2D eigenvalue weighted by Gasteiger charge is 2.36. The van der Waals surface area contributed by atoms with Crippen LogP contribution in [-0.2, 0) is 14.3 Å². The fourth-order valence-corrected chi connectivity index (χ4v) is 2.89. The predicted molar refractivity (Wildman–Crippen MR) is 93.2 cm³/mol. The zero-order valence-electron chi connectivity index (χ0n) is 14.4. The van der Waals surface area contributed by atoms with Crippen LogP contribution in [0, 0.1) is 17.6 Å². The third kappa shape index (κ3) is 3.79. The Kier molecular flexibility index (Phi) is 5.16. The number of rotatable bonds is 4. The molecule has 1 N–H and O–H groups in total. The van der Waals surface area contributed by atoms with Crippen molar-refractivity contribution in [3.05, 3.63) is 59.7 Å². The van der Waals surface area contributed by atoms with Gasteiger partial charge in [0.05, 0.1) is 30.0 Å². The largest absolute Gasteiger partial charge is 0.465 e. The molecule has 0 saturated carbocycles. The van der Waals surface area contributed by atoms with Gasteiger partial charge in [-0.25, -0.2) is 13.6 Å². The Hall–Kier alpha value is -3.29. The maximum Gasteiger partial charge on any atom is 0.337 e. The highest BCUT2D eigenvalue weighted by atomic mass is 19.1. The lowest BCUT2D eigenvalue weighted by Gasteiger charge is -2.17. The van der Waals surface area contributed by atoms with Crippen molar-refractivity contribution in [1.29, 1.82) is 0 Å². The van der Waals surface area contributed by atoms with E-state index in [1.54, 1.807) is 6.07 Å². The van der Waals surface area contributed by atoms with Crippen LogP contribution in [0.4, 0.5) is 20.2 Å². The number of nitrogens with one attached hydrogen (secondary N) is 1. The van der Waals surface area contributed by atoms with E-state index >= 15 is 0 Å². The van der Waals surface area contributed by atoms with E-state index in [0.717, 1.165) is 12.1 Å². The van der Waals surface area contributed by atoms with Crippen LogP contribution < -0.4 is 10.2 Å². The lowest BCUT2D eigenvalue weighted by atomic mass is 10.1. The van der Waals surface area contributed by atoms with Crippen LogP contribution in [0.3, 0.4) is 0 Å². The van der Waals surface area contributed by atoms with E-state index in [1.165, 1.54) is 36.3 Å². The van der Waals surface area contributed by atoms with Crippen LogP contribution in [0.1, 0.15) is 16.8 Å². The van der Waals surface area contributed by atoms with E-state index in [0.29, 0.717) is 0 Å². The van der Waals surface area contributed by atoms with Gasteiger partial charge in [0, 0.05) is 13.0 Å². The molecule has 27 heavy (non-hydrogen) atoms. The molecule has 0 spiro atoms. The minimum absolute atomic E-state index is 0.0239. The van der Waals surface area contributed by atoms with Crippen molar-refractivity contribution in [2.45, 2.75) is 6.42 Å². The Morgan fingerprint density at radius 2 is 1.89 bits per heavy atom. The Morgan fingerprint density at radius 1 is 1.15 bits per heavy atom. The van der Waals surface area contributed by atoms with Crippen LogP contribution in [0.2, 0.25) is 0 Å². The van der Waals surface area contributed by atoms with E-state index < -0.39 is 35.3 Å². The van der Waals surface area contributed by atoms with Crippen LogP contribution in [-0.4, -0.2) is 31.4 Å². The van der Waals surface area contributed by atoms with Crippen LogP contribution in [0.15, 0.2) is 42.5 Å². The Labute approximate surface area is 153 Å². The van der Waals surface area contributed by atoms with Gasteiger partial charge in [-0.15, -0.1) is 0 Å². The number of methoxy groups -OCH3 is 1. The number of halogens is 2. The van der Waals surface area contributed by atoms with Crippen LogP contribution >= 0.6 is 0 Å². The molecule has 8 heteroatoms. The number of amides is 2. The summed E-state index contributed by atoms with van der Waals surface area (Å²) in [5.74, 6) is -3.74. The number of benzene rings is 2. The molecule has 0 bridgehead atoms. The number of hydrogen-bond acceptors (Lipinski definition) is 4. The quantitative estimate of drug-likeness (QED) is 0.835. The van der Waals surface area contributed by atoms with Crippen molar-refractivity contribution >= 4 is 29.2 Å². The molecular weight excluding hydrogens is 358 g/mol. The first-order valence-electron chi connectivity index (χ1n) is 8.14. The summed E-state index contributed by atoms with van der Waals surface area (Å²) >= 11 is 0. The molecule has 1 aliphatic heterocycles. The minimum Gasteiger partial charge on any atom is -0.465 e. The SMILES string of the molecule is COC(=O)c1ccc(F)c(NC(=O)C2CC(=O)N(c3ccccc3F)C2)c1. The molecule has 3 rings (SSSR count). The van der Waals surface area contributed by atoms with Gasteiger partial charge in [0.1, 0.15) is 11.6 Å². The third-order valence-electron chi connectivity index (χ3n) is 4.28. The number of esters is 1. The summed E-state index contributed by atoms with van der Waals surface area (Å²) in [7, 11) is 1.19. The smallest absolute Gasteiger partial charge is 0.337 e. The summed E-state index contributed by atoms with van der Waals surface area (Å²) in [6, 6.07) is 9.19. The lowest BCUT2D eigenvalue weighted by Crippen LogP contribution is -2.29. The average Bonchev–Trinajstić information content (AvgIpc) is 3.05. The molecule has 6 nitrogen and oxygen atoms in total. The fourth-order valence-electron chi connectivity index (χ4n) is 2.89. The Bertz CT molecular complexity index is 916. The van der Waals surface area contributed by atoms with E-state index in [1.807, 2.05) is 0 Å². The standard InChI is InChI=1S/C19H16F2N2O4/c1-27-19(26)11-6-7-13(20)15(8-11)22-18(25)12-9-17(24)23(10-12)16-5-3-2-4-14(16)21/h2-8,12H,9-10H2,1H3,(H,22,25). The number of para-hydroxylation sites is 1. The van der Waals surface area contributed by atoms with E-state index in [4.69, 9.17) is 0 Å². The van der Waals surface area contributed by atoms with E-state index in [2.05, 4.69) is 10.1 Å². The van der Waals surface area contributed by atoms with E-state index in [-0.39, 0.29) is 29.9 Å². The first-order valence-corrected chi connectivity index (χ1v) is 8.14. The molecule has 2 aromatic carbocycles. The summed E-state index contributed by atoms with van der Waals surface area (Å²) < 4.78 is 32.4. The second-order valence-corrected chi connectivity index (χ2v) is 6.03. The lowest BCUT2D eigenvalue weighted by molar-refractivity contribution is -0.122. The number of ether oxygens (including phenoxy) is 1. The van der Waals surface area contributed by atoms with Gasteiger partial charge in [-0.05, 0) is 30.3 Å². The monoisotopic (exact) mass is 374 g/mol. The molecule has 140 valence electrons. The summed E-state index contributed by atoms with van der Waals surface area (Å²) in [6.07, 6.45) is -0.127. The maximum atomic E-state index is 14.0. The van der Waals surface area contributed by atoms with Crippen LogP contribution in [0.5, 0.6) is 0 Å². The molecule has 1 fully saturated rings. The van der Waals surface area contributed by atoms with Crippen molar-refractivity contribution in [2.24, 2.45) is 5.92 Å². The second-order valence-electron chi connectivity index (χ2n) is 6.03. The summed E-state index contributed by atoms with van der Waals surface area (Å²) in [5.41, 5.74) is -0.0268. The molecule has 1 saturated heterocycles. The van der Waals surface area contributed by atoms with E-state index in [9.17, 15) is 23.2 Å². The van der Waals surface area contributed by atoms with Gasteiger partial charge in [0.15, 0.2) is 0 Å². The maximum absolute atomic E-state index is 14.0. The first kappa shape index (κ1) is 18.5. The third-order valence-corrected chi connectivity index (χ3v) is 4.28. The average molecular weight is 374 g/mol. The van der Waals surface area contributed by atoms with Gasteiger partial charge >= 0.3 is 5.97 Å². The Balaban J connectivity index is 1.75. The molecule has 0 radical (unpaired) electrons.